The largest absolute Gasteiger partial charge is 0.333 e. The summed E-state index contributed by atoms with van der Waals surface area (Å²) in [6.45, 7) is 7.44. The molecule has 1 aliphatic heterocycles. The van der Waals surface area contributed by atoms with E-state index < -0.39 is 0 Å². The summed E-state index contributed by atoms with van der Waals surface area (Å²) in [6.07, 6.45) is 0. The molecule has 0 N–H and O–H groups in total. The summed E-state index contributed by atoms with van der Waals surface area (Å²) in [7, 11) is 0. The van der Waals surface area contributed by atoms with E-state index in [-0.39, 0.29) is 5.91 Å². The van der Waals surface area contributed by atoms with Gasteiger partial charge in [-0.3, -0.25) is 9.48 Å². The molecular formula is C13H16N4OS. The predicted octanol–water partition coefficient (Wildman–Crippen LogP) is 1.96. The molecule has 1 aliphatic rings. The fourth-order valence-electron chi connectivity index (χ4n) is 2.42. The van der Waals surface area contributed by atoms with Gasteiger partial charge in [-0.2, -0.15) is 9.47 Å². The quantitative estimate of drug-likeness (QED) is 0.842. The number of amides is 1. The molecule has 0 atom stereocenters. The average molecular weight is 276 g/mol. The molecule has 0 unspecified atom stereocenters. The molecule has 1 saturated heterocycles. The molecule has 0 saturated carbocycles. The van der Waals surface area contributed by atoms with Crippen LogP contribution >= 0.6 is 11.5 Å². The molecule has 3 rings (SSSR count). The van der Waals surface area contributed by atoms with E-state index in [1.54, 1.807) is 0 Å². The zero-order valence-corrected chi connectivity index (χ0v) is 12.1. The Bertz CT molecular complexity index is 624. The Balaban J connectivity index is 1.67. The predicted molar refractivity (Wildman–Crippen MR) is 73.5 cm³/mol. The van der Waals surface area contributed by atoms with Gasteiger partial charge in [-0.15, -0.1) is 0 Å². The molecule has 0 aromatic carbocycles. The molecule has 2 aromatic heterocycles. The van der Waals surface area contributed by atoms with Crippen molar-refractivity contribution in [3.05, 3.63) is 34.1 Å². The third-order valence-electron chi connectivity index (χ3n) is 3.39. The molecule has 3 heterocycles. The smallest absolute Gasteiger partial charge is 0.273 e. The van der Waals surface area contributed by atoms with Gasteiger partial charge in [-0.25, -0.2) is 0 Å². The Hall–Kier alpha value is -1.69. The summed E-state index contributed by atoms with van der Waals surface area (Å²) in [4.78, 5) is 15.0. The van der Waals surface area contributed by atoms with Gasteiger partial charge in [0.25, 0.3) is 5.91 Å². The summed E-state index contributed by atoms with van der Waals surface area (Å²) in [5.74, 6) is 0.0298. The van der Waals surface area contributed by atoms with Crippen molar-refractivity contribution >= 4 is 17.4 Å². The van der Waals surface area contributed by atoms with Crippen molar-refractivity contribution in [2.75, 3.05) is 13.1 Å². The summed E-state index contributed by atoms with van der Waals surface area (Å²) in [5, 5.41) is 4.47. The highest BCUT2D eigenvalue weighted by molar-refractivity contribution is 7.05. The SMILES string of the molecule is Cc1cc(C)n(C2CN(C(=O)c3cc(C)sn3)C2)n1. The topological polar surface area (TPSA) is 51.0 Å². The summed E-state index contributed by atoms with van der Waals surface area (Å²) < 4.78 is 6.19. The van der Waals surface area contributed by atoms with E-state index in [0.29, 0.717) is 11.7 Å². The van der Waals surface area contributed by atoms with E-state index in [0.717, 1.165) is 29.4 Å². The highest BCUT2D eigenvalue weighted by Gasteiger charge is 2.34. The molecule has 2 aromatic rings. The molecule has 0 spiro atoms. The number of aromatic nitrogens is 3. The molecule has 5 nitrogen and oxygen atoms in total. The van der Waals surface area contributed by atoms with Crippen LogP contribution in [0, 0.1) is 20.8 Å². The van der Waals surface area contributed by atoms with Gasteiger partial charge in [0.1, 0.15) is 5.69 Å². The van der Waals surface area contributed by atoms with Crippen molar-refractivity contribution in [2.24, 2.45) is 0 Å². The molecule has 100 valence electrons. The van der Waals surface area contributed by atoms with Gasteiger partial charge in [-0.05, 0) is 44.4 Å². The molecule has 19 heavy (non-hydrogen) atoms. The van der Waals surface area contributed by atoms with Gasteiger partial charge in [0, 0.05) is 23.7 Å². The van der Waals surface area contributed by atoms with E-state index >= 15 is 0 Å². The molecule has 0 bridgehead atoms. The standard InChI is InChI=1S/C13H16N4OS/c1-8-4-9(2)17(14-8)11-6-16(7-11)13(18)12-5-10(3)19-15-12/h4-5,11H,6-7H2,1-3H3. The first-order chi connectivity index (χ1) is 9.04. The van der Waals surface area contributed by atoms with Crippen LogP contribution < -0.4 is 0 Å². The molecule has 6 heteroatoms. The Morgan fingerprint density at radius 3 is 2.58 bits per heavy atom. The van der Waals surface area contributed by atoms with E-state index in [1.165, 1.54) is 11.5 Å². The maximum Gasteiger partial charge on any atom is 0.273 e. The zero-order valence-electron chi connectivity index (χ0n) is 11.3. The monoisotopic (exact) mass is 276 g/mol. The lowest BCUT2D eigenvalue weighted by Crippen LogP contribution is -2.51. The van der Waals surface area contributed by atoms with Crippen molar-refractivity contribution in [1.29, 1.82) is 0 Å². The van der Waals surface area contributed by atoms with Gasteiger partial charge in [0.05, 0.1) is 11.7 Å². The van der Waals surface area contributed by atoms with Crippen LogP contribution in [0.3, 0.4) is 0 Å². The number of aryl methyl sites for hydroxylation is 3. The third-order valence-corrected chi connectivity index (χ3v) is 4.08. The van der Waals surface area contributed by atoms with Crippen LogP contribution in [0.5, 0.6) is 0 Å². The van der Waals surface area contributed by atoms with Crippen LogP contribution in [-0.2, 0) is 0 Å². The Kier molecular flexibility index (Phi) is 2.89. The number of hydrogen-bond donors (Lipinski definition) is 0. The van der Waals surface area contributed by atoms with Crippen molar-refractivity contribution in [1.82, 2.24) is 19.1 Å². The highest BCUT2D eigenvalue weighted by Crippen LogP contribution is 2.24. The first kappa shape index (κ1) is 12.3. The molecule has 1 amide bonds. The number of carbonyl (C=O) groups excluding carboxylic acids is 1. The van der Waals surface area contributed by atoms with Gasteiger partial charge in [-0.1, -0.05) is 0 Å². The average Bonchev–Trinajstić information content (AvgIpc) is 2.84. The normalized spacial score (nSPS) is 15.6. The third kappa shape index (κ3) is 2.16. The lowest BCUT2D eigenvalue weighted by molar-refractivity contribution is 0.0493. The minimum absolute atomic E-state index is 0.0298. The minimum Gasteiger partial charge on any atom is -0.333 e. The van der Waals surface area contributed by atoms with Gasteiger partial charge in [0.2, 0.25) is 0 Å². The number of nitrogens with zero attached hydrogens (tertiary/aromatic N) is 4. The minimum atomic E-state index is 0.0298. The van der Waals surface area contributed by atoms with Crippen LogP contribution in [0.1, 0.15) is 32.8 Å². The van der Waals surface area contributed by atoms with Crippen molar-refractivity contribution in [3.63, 3.8) is 0 Å². The fourth-order valence-corrected chi connectivity index (χ4v) is 2.96. The second-order valence-electron chi connectivity index (χ2n) is 5.06. The lowest BCUT2D eigenvalue weighted by atomic mass is 10.1. The van der Waals surface area contributed by atoms with Crippen LogP contribution in [0.25, 0.3) is 0 Å². The van der Waals surface area contributed by atoms with Gasteiger partial charge < -0.3 is 4.90 Å². The van der Waals surface area contributed by atoms with Crippen LogP contribution in [-0.4, -0.2) is 38.1 Å². The second kappa shape index (κ2) is 4.45. The summed E-state index contributed by atoms with van der Waals surface area (Å²) in [5.41, 5.74) is 2.74. The second-order valence-corrected chi connectivity index (χ2v) is 6.07. The lowest BCUT2D eigenvalue weighted by Gasteiger charge is -2.39. The molecule has 0 radical (unpaired) electrons. The molecule has 0 aliphatic carbocycles. The van der Waals surface area contributed by atoms with Crippen LogP contribution in [0.4, 0.5) is 0 Å². The number of likely N-dealkylation sites (tertiary alicyclic amines) is 1. The first-order valence-corrected chi connectivity index (χ1v) is 7.07. The Labute approximate surface area is 116 Å². The van der Waals surface area contributed by atoms with Gasteiger partial charge in [0.15, 0.2) is 0 Å². The molecular weight excluding hydrogens is 260 g/mol. The van der Waals surface area contributed by atoms with E-state index in [4.69, 9.17) is 0 Å². The molecule has 1 fully saturated rings. The van der Waals surface area contributed by atoms with Crippen molar-refractivity contribution < 1.29 is 4.79 Å². The zero-order chi connectivity index (χ0) is 13.6. The number of rotatable bonds is 2. The van der Waals surface area contributed by atoms with Crippen LogP contribution in [0.2, 0.25) is 0 Å². The van der Waals surface area contributed by atoms with Gasteiger partial charge >= 0.3 is 0 Å². The Morgan fingerprint density at radius 2 is 2.05 bits per heavy atom. The fraction of sp³-hybridized carbons (Fsp3) is 0.462. The Morgan fingerprint density at radius 1 is 1.32 bits per heavy atom. The van der Waals surface area contributed by atoms with E-state index in [2.05, 4.69) is 15.5 Å². The van der Waals surface area contributed by atoms with Crippen LogP contribution in [0.15, 0.2) is 12.1 Å². The van der Waals surface area contributed by atoms with E-state index in [9.17, 15) is 4.79 Å². The summed E-state index contributed by atoms with van der Waals surface area (Å²) in [6, 6.07) is 4.22. The maximum absolute atomic E-state index is 12.1. The van der Waals surface area contributed by atoms with E-state index in [1.807, 2.05) is 36.4 Å². The number of carbonyl (C=O) groups is 1. The summed E-state index contributed by atoms with van der Waals surface area (Å²) >= 11 is 1.37. The van der Waals surface area contributed by atoms with Crippen molar-refractivity contribution in [3.8, 4) is 0 Å². The maximum atomic E-state index is 12.1. The number of hydrogen-bond acceptors (Lipinski definition) is 4. The highest BCUT2D eigenvalue weighted by atomic mass is 32.1. The van der Waals surface area contributed by atoms with Crippen molar-refractivity contribution in [2.45, 2.75) is 26.8 Å². The first-order valence-electron chi connectivity index (χ1n) is 6.30.